The molecule has 0 saturated carbocycles. The largest absolute Gasteiger partial charge is 0.503 e. The molecule has 0 aliphatic carbocycles. The minimum Gasteiger partial charge on any atom is -0.503 e. The van der Waals surface area contributed by atoms with Crippen LogP contribution < -0.4 is 0 Å². The van der Waals surface area contributed by atoms with E-state index in [0.29, 0.717) is 6.61 Å². The summed E-state index contributed by atoms with van der Waals surface area (Å²) in [4.78, 5) is 26.2. The number of nitrogens with zero attached hydrogens (tertiary/aromatic N) is 1. The van der Waals surface area contributed by atoms with Crippen molar-refractivity contribution in [2.24, 2.45) is 0 Å². The summed E-state index contributed by atoms with van der Waals surface area (Å²) in [6.07, 6.45) is 1.67. The highest BCUT2D eigenvalue weighted by atomic mass is 19.1. The van der Waals surface area contributed by atoms with Crippen molar-refractivity contribution in [2.45, 2.75) is 38.3 Å². The zero-order valence-corrected chi connectivity index (χ0v) is 13.5. The van der Waals surface area contributed by atoms with Crippen LogP contribution in [0.2, 0.25) is 0 Å². The lowest BCUT2D eigenvalue weighted by Gasteiger charge is -2.29. The number of aliphatic hydroxyl groups is 1. The van der Waals surface area contributed by atoms with Gasteiger partial charge in [0, 0.05) is 25.1 Å². The van der Waals surface area contributed by atoms with Crippen molar-refractivity contribution in [2.75, 3.05) is 13.2 Å². The van der Waals surface area contributed by atoms with E-state index in [2.05, 4.69) is 0 Å². The molecule has 1 fully saturated rings. The van der Waals surface area contributed by atoms with Gasteiger partial charge in [-0.15, -0.1) is 0 Å². The molecule has 3 rings (SSSR count). The highest BCUT2D eigenvalue weighted by molar-refractivity contribution is 6.08. The Morgan fingerprint density at radius 1 is 1.42 bits per heavy atom. The number of aliphatic hydroxyl groups excluding tert-OH is 1. The predicted molar refractivity (Wildman–Crippen MR) is 84.8 cm³/mol. The number of ether oxygens (including phenoxy) is 1. The first-order valence-electron chi connectivity index (χ1n) is 8.18. The fraction of sp³-hybridized carbons (Fsp3) is 0.444. The number of Topliss-reactive ketones (excluding diaryl/α,β-unsaturated/α-hetero) is 1. The normalized spacial score (nSPS) is 24.1. The lowest BCUT2D eigenvalue weighted by atomic mass is 9.94. The Hall–Kier alpha value is -2.21. The summed E-state index contributed by atoms with van der Waals surface area (Å²) in [5.41, 5.74) is 0.190. The van der Waals surface area contributed by atoms with Gasteiger partial charge in [-0.05, 0) is 18.9 Å². The molecule has 128 valence electrons. The van der Waals surface area contributed by atoms with Gasteiger partial charge in [0.1, 0.15) is 5.82 Å². The summed E-state index contributed by atoms with van der Waals surface area (Å²) in [6, 6.07) is 5.11. The fourth-order valence-corrected chi connectivity index (χ4v) is 3.35. The van der Waals surface area contributed by atoms with Crippen molar-refractivity contribution in [3.05, 3.63) is 47.0 Å². The SMILES string of the molecule is CCC(=O)C1=C(O)C(=O)N(CC2CCCO2)C1c1ccccc1F. The van der Waals surface area contributed by atoms with Gasteiger partial charge >= 0.3 is 0 Å². The van der Waals surface area contributed by atoms with E-state index in [-0.39, 0.29) is 36.0 Å². The Morgan fingerprint density at radius 2 is 2.17 bits per heavy atom. The van der Waals surface area contributed by atoms with Gasteiger partial charge in [0.25, 0.3) is 5.91 Å². The maximum Gasteiger partial charge on any atom is 0.290 e. The molecular weight excluding hydrogens is 313 g/mol. The zero-order chi connectivity index (χ0) is 17.3. The molecule has 6 heteroatoms. The highest BCUT2D eigenvalue weighted by Gasteiger charge is 2.44. The number of hydrogen-bond donors (Lipinski definition) is 1. The molecule has 1 aromatic carbocycles. The van der Waals surface area contributed by atoms with Crippen LogP contribution in [0.4, 0.5) is 4.39 Å². The van der Waals surface area contributed by atoms with Gasteiger partial charge < -0.3 is 14.7 Å². The molecule has 1 saturated heterocycles. The topological polar surface area (TPSA) is 66.8 Å². The second kappa shape index (κ2) is 6.73. The third-order valence-corrected chi connectivity index (χ3v) is 4.55. The number of ketones is 1. The minimum absolute atomic E-state index is 0.0226. The Kier molecular flexibility index (Phi) is 4.66. The number of amides is 1. The number of carbonyl (C=O) groups is 2. The fourth-order valence-electron chi connectivity index (χ4n) is 3.35. The highest BCUT2D eigenvalue weighted by Crippen LogP contribution is 2.39. The number of halogens is 1. The monoisotopic (exact) mass is 333 g/mol. The van der Waals surface area contributed by atoms with Crippen LogP contribution in [0.15, 0.2) is 35.6 Å². The molecule has 2 aliphatic heterocycles. The molecule has 0 radical (unpaired) electrons. The summed E-state index contributed by atoms with van der Waals surface area (Å²) < 4.78 is 19.9. The second-order valence-electron chi connectivity index (χ2n) is 6.06. The van der Waals surface area contributed by atoms with Crippen LogP contribution in [0.5, 0.6) is 0 Å². The van der Waals surface area contributed by atoms with Crippen LogP contribution in [0.1, 0.15) is 37.8 Å². The lowest BCUT2D eigenvalue weighted by molar-refractivity contribution is -0.131. The van der Waals surface area contributed by atoms with Crippen molar-refractivity contribution in [3.8, 4) is 0 Å². The Balaban J connectivity index is 2.03. The zero-order valence-electron chi connectivity index (χ0n) is 13.5. The van der Waals surface area contributed by atoms with Crippen molar-refractivity contribution in [3.63, 3.8) is 0 Å². The number of hydrogen-bond acceptors (Lipinski definition) is 4. The molecule has 0 spiro atoms. The predicted octanol–water partition coefficient (Wildman–Crippen LogP) is 2.68. The molecule has 0 aromatic heterocycles. The minimum atomic E-state index is -0.907. The van der Waals surface area contributed by atoms with Gasteiger partial charge in [-0.2, -0.15) is 0 Å². The second-order valence-corrected chi connectivity index (χ2v) is 6.06. The molecule has 0 bridgehead atoms. The average molecular weight is 333 g/mol. The van der Waals surface area contributed by atoms with Crippen LogP contribution in [0.25, 0.3) is 0 Å². The van der Waals surface area contributed by atoms with Gasteiger partial charge in [0.2, 0.25) is 0 Å². The van der Waals surface area contributed by atoms with Crippen molar-refractivity contribution in [1.82, 2.24) is 4.90 Å². The van der Waals surface area contributed by atoms with E-state index in [4.69, 9.17) is 4.74 Å². The van der Waals surface area contributed by atoms with Crippen molar-refractivity contribution < 1.29 is 23.8 Å². The smallest absolute Gasteiger partial charge is 0.290 e. The van der Waals surface area contributed by atoms with Gasteiger partial charge in [0.15, 0.2) is 11.5 Å². The van der Waals surface area contributed by atoms with Gasteiger partial charge in [-0.1, -0.05) is 25.1 Å². The molecule has 5 nitrogen and oxygen atoms in total. The summed E-state index contributed by atoms with van der Waals surface area (Å²) >= 11 is 0. The molecule has 2 heterocycles. The maximum absolute atomic E-state index is 14.3. The molecule has 2 atom stereocenters. The van der Waals surface area contributed by atoms with E-state index in [1.54, 1.807) is 19.1 Å². The first-order valence-corrected chi connectivity index (χ1v) is 8.18. The molecule has 1 aromatic rings. The van der Waals surface area contributed by atoms with Crippen LogP contribution in [-0.2, 0) is 14.3 Å². The molecule has 24 heavy (non-hydrogen) atoms. The Bertz CT molecular complexity index is 694. The van der Waals surface area contributed by atoms with E-state index in [1.165, 1.54) is 17.0 Å². The first kappa shape index (κ1) is 16.6. The molecule has 1 amide bonds. The van der Waals surface area contributed by atoms with Gasteiger partial charge in [-0.25, -0.2) is 4.39 Å². The lowest BCUT2D eigenvalue weighted by Crippen LogP contribution is -2.37. The maximum atomic E-state index is 14.3. The Labute approximate surface area is 139 Å². The van der Waals surface area contributed by atoms with E-state index >= 15 is 0 Å². The Morgan fingerprint density at radius 3 is 2.79 bits per heavy atom. The summed E-state index contributed by atoms with van der Waals surface area (Å²) in [7, 11) is 0. The number of rotatable bonds is 5. The van der Waals surface area contributed by atoms with Crippen molar-refractivity contribution in [1.29, 1.82) is 0 Å². The van der Waals surface area contributed by atoms with Crippen LogP contribution in [-0.4, -0.2) is 41.0 Å². The number of benzene rings is 1. The quantitative estimate of drug-likeness (QED) is 0.900. The third kappa shape index (κ3) is 2.82. The van der Waals surface area contributed by atoms with Crippen molar-refractivity contribution >= 4 is 11.7 Å². The van der Waals surface area contributed by atoms with E-state index < -0.39 is 23.5 Å². The van der Waals surface area contributed by atoms with Gasteiger partial charge in [0.05, 0.1) is 17.7 Å². The molecular formula is C18H20FNO4. The van der Waals surface area contributed by atoms with Crippen LogP contribution in [0, 0.1) is 5.82 Å². The molecule has 2 aliphatic rings. The van der Waals surface area contributed by atoms with Crippen LogP contribution in [0.3, 0.4) is 0 Å². The van der Waals surface area contributed by atoms with E-state index in [0.717, 1.165) is 12.8 Å². The first-order chi connectivity index (χ1) is 11.5. The standard InChI is InChI=1S/C18H20FNO4/c1-2-14(21)15-16(12-7-3-4-8-13(12)19)20(18(23)17(15)22)10-11-6-5-9-24-11/h3-4,7-8,11,16,22H,2,5-6,9-10H2,1H3. The number of carbonyl (C=O) groups excluding carboxylic acids is 2. The summed E-state index contributed by atoms with van der Waals surface area (Å²) in [6.45, 7) is 2.49. The third-order valence-electron chi connectivity index (χ3n) is 4.55. The molecule has 2 unspecified atom stereocenters. The van der Waals surface area contributed by atoms with E-state index in [9.17, 15) is 19.1 Å². The average Bonchev–Trinajstić information content (AvgIpc) is 3.17. The summed E-state index contributed by atoms with van der Waals surface area (Å²) in [5, 5.41) is 10.2. The van der Waals surface area contributed by atoms with Crippen LogP contribution >= 0.6 is 0 Å². The molecule has 1 N–H and O–H groups in total. The van der Waals surface area contributed by atoms with E-state index in [1.807, 2.05) is 0 Å². The summed E-state index contributed by atoms with van der Waals surface area (Å²) in [5.74, 6) is -2.09. The van der Waals surface area contributed by atoms with Gasteiger partial charge in [-0.3, -0.25) is 9.59 Å².